The Balaban J connectivity index is 0. The summed E-state index contributed by atoms with van der Waals surface area (Å²) in [7, 11) is 0. The van der Waals surface area contributed by atoms with Crippen LogP contribution >= 0.6 is 12.4 Å². The molecule has 1 N–H and O–H groups in total. The standard InChI is InChI=1S/C10H20N2O.ClH/c1-5-9(11-10(13)6-2)12(7-3)8-4;/h6,9H,2,5,7-8H2,1,3-4H3,(H,11,13);1H. The Morgan fingerprint density at radius 1 is 1.43 bits per heavy atom. The first-order valence-electron chi connectivity index (χ1n) is 4.86. The minimum atomic E-state index is -0.0984. The predicted molar refractivity (Wildman–Crippen MR) is 62.6 cm³/mol. The van der Waals surface area contributed by atoms with Crippen LogP contribution in [0.1, 0.15) is 27.2 Å². The van der Waals surface area contributed by atoms with E-state index in [-0.39, 0.29) is 24.5 Å². The molecule has 0 aliphatic carbocycles. The molecule has 0 fully saturated rings. The molecule has 0 heterocycles. The molecule has 0 bridgehead atoms. The van der Waals surface area contributed by atoms with Crippen LogP contribution in [0.4, 0.5) is 0 Å². The molecule has 1 unspecified atom stereocenters. The van der Waals surface area contributed by atoms with Crippen molar-refractivity contribution in [3.05, 3.63) is 12.7 Å². The topological polar surface area (TPSA) is 32.3 Å². The fraction of sp³-hybridized carbons (Fsp3) is 0.700. The van der Waals surface area contributed by atoms with Gasteiger partial charge in [0.15, 0.2) is 0 Å². The van der Waals surface area contributed by atoms with Gasteiger partial charge in [0.2, 0.25) is 5.91 Å². The molecular weight excluding hydrogens is 200 g/mol. The molecule has 0 aromatic rings. The number of nitrogens with one attached hydrogen (secondary N) is 1. The molecule has 0 aliphatic heterocycles. The summed E-state index contributed by atoms with van der Waals surface area (Å²) < 4.78 is 0. The summed E-state index contributed by atoms with van der Waals surface area (Å²) in [5.74, 6) is -0.0984. The molecule has 0 aromatic carbocycles. The van der Waals surface area contributed by atoms with Gasteiger partial charge >= 0.3 is 0 Å². The van der Waals surface area contributed by atoms with Crippen LogP contribution in [0.25, 0.3) is 0 Å². The third-order valence-electron chi connectivity index (χ3n) is 2.13. The zero-order chi connectivity index (χ0) is 10.3. The van der Waals surface area contributed by atoms with E-state index < -0.39 is 0 Å². The molecule has 1 amide bonds. The van der Waals surface area contributed by atoms with E-state index in [4.69, 9.17) is 0 Å². The van der Waals surface area contributed by atoms with Crippen molar-refractivity contribution in [2.24, 2.45) is 0 Å². The molecule has 84 valence electrons. The van der Waals surface area contributed by atoms with Gasteiger partial charge in [-0.1, -0.05) is 27.4 Å². The summed E-state index contributed by atoms with van der Waals surface area (Å²) in [5, 5.41) is 2.89. The van der Waals surface area contributed by atoms with Crippen molar-refractivity contribution in [1.29, 1.82) is 0 Å². The minimum absolute atomic E-state index is 0. The van der Waals surface area contributed by atoms with Gasteiger partial charge in [-0.05, 0) is 25.6 Å². The number of amides is 1. The first-order chi connectivity index (χ1) is 6.19. The maximum absolute atomic E-state index is 11.1. The van der Waals surface area contributed by atoms with Crippen LogP contribution in [-0.4, -0.2) is 30.1 Å². The molecule has 0 radical (unpaired) electrons. The van der Waals surface area contributed by atoms with Gasteiger partial charge in [-0.15, -0.1) is 12.4 Å². The molecule has 0 aliphatic rings. The third-order valence-corrected chi connectivity index (χ3v) is 2.13. The lowest BCUT2D eigenvalue weighted by Gasteiger charge is -2.28. The van der Waals surface area contributed by atoms with Crippen molar-refractivity contribution in [2.45, 2.75) is 33.4 Å². The summed E-state index contributed by atoms with van der Waals surface area (Å²) in [6, 6.07) is 0. The monoisotopic (exact) mass is 220 g/mol. The highest BCUT2D eigenvalue weighted by Gasteiger charge is 2.13. The number of carbonyl (C=O) groups is 1. The second-order valence-electron chi connectivity index (χ2n) is 2.86. The average molecular weight is 221 g/mol. The summed E-state index contributed by atoms with van der Waals surface area (Å²) in [4.78, 5) is 13.3. The van der Waals surface area contributed by atoms with E-state index in [1.165, 1.54) is 6.08 Å². The number of hydrogen-bond donors (Lipinski definition) is 1. The Bertz CT molecular complexity index is 170. The van der Waals surface area contributed by atoms with E-state index in [9.17, 15) is 4.79 Å². The van der Waals surface area contributed by atoms with Gasteiger partial charge in [0.05, 0.1) is 6.17 Å². The number of hydrogen-bond acceptors (Lipinski definition) is 2. The Morgan fingerprint density at radius 3 is 2.21 bits per heavy atom. The van der Waals surface area contributed by atoms with Gasteiger partial charge < -0.3 is 5.32 Å². The molecule has 14 heavy (non-hydrogen) atoms. The second-order valence-corrected chi connectivity index (χ2v) is 2.86. The molecule has 0 saturated heterocycles. The maximum Gasteiger partial charge on any atom is 0.244 e. The molecule has 4 heteroatoms. The van der Waals surface area contributed by atoms with E-state index in [1.54, 1.807) is 0 Å². The largest absolute Gasteiger partial charge is 0.337 e. The summed E-state index contributed by atoms with van der Waals surface area (Å²) in [5.41, 5.74) is 0. The van der Waals surface area contributed by atoms with Crippen LogP contribution in [-0.2, 0) is 4.79 Å². The third kappa shape index (κ3) is 5.25. The molecule has 0 saturated carbocycles. The highest BCUT2D eigenvalue weighted by atomic mass is 35.5. The molecule has 3 nitrogen and oxygen atoms in total. The zero-order valence-electron chi connectivity index (χ0n) is 9.25. The molecule has 0 spiro atoms. The smallest absolute Gasteiger partial charge is 0.244 e. The van der Waals surface area contributed by atoms with Crippen molar-refractivity contribution < 1.29 is 4.79 Å². The van der Waals surface area contributed by atoms with Gasteiger partial charge in [-0.3, -0.25) is 9.69 Å². The van der Waals surface area contributed by atoms with Crippen molar-refractivity contribution in [1.82, 2.24) is 10.2 Å². The van der Waals surface area contributed by atoms with Crippen LogP contribution in [0.2, 0.25) is 0 Å². The summed E-state index contributed by atoms with van der Waals surface area (Å²) in [6.07, 6.45) is 2.37. The molecule has 1 atom stereocenters. The number of halogens is 1. The first-order valence-corrected chi connectivity index (χ1v) is 4.86. The van der Waals surface area contributed by atoms with Crippen LogP contribution in [0, 0.1) is 0 Å². The lowest BCUT2D eigenvalue weighted by Crippen LogP contribution is -2.47. The summed E-state index contributed by atoms with van der Waals surface area (Å²) in [6.45, 7) is 11.6. The first kappa shape index (κ1) is 15.9. The average Bonchev–Trinajstić information content (AvgIpc) is 2.17. The van der Waals surface area contributed by atoms with Crippen molar-refractivity contribution in [3.63, 3.8) is 0 Å². The van der Waals surface area contributed by atoms with Gasteiger partial charge in [0.25, 0.3) is 0 Å². The Kier molecular flexibility index (Phi) is 10.3. The second kappa shape index (κ2) is 9.03. The van der Waals surface area contributed by atoms with Gasteiger partial charge in [-0.25, -0.2) is 0 Å². The lowest BCUT2D eigenvalue weighted by molar-refractivity contribution is -0.118. The van der Waals surface area contributed by atoms with Crippen molar-refractivity contribution in [2.75, 3.05) is 13.1 Å². The maximum atomic E-state index is 11.1. The van der Waals surface area contributed by atoms with Crippen molar-refractivity contribution in [3.8, 4) is 0 Å². The van der Waals surface area contributed by atoms with Gasteiger partial charge in [0.1, 0.15) is 0 Å². The van der Waals surface area contributed by atoms with E-state index in [0.717, 1.165) is 19.5 Å². The van der Waals surface area contributed by atoms with Gasteiger partial charge in [-0.2, -0.15) is 0 Å². The van der Waals surface area contributed by atoms with Crippen LogP contribution in [0.15, 0.2) is 12.7 Å². The highest BCUT2D eigenvalue weighted by Crippen LogP contribution is 1.99. The lowest BCUT2D eigenvalue weighted by atomic mass is 10.3. The molecular formula is C10H21ClN2O. The van der Waals surface area contributed by atoms with E-state index in [0.29, 0.717) is 0 Å². The highest BCUT2D eigenvalue weighted by molar-refractivity contribution is 5.87. The fourth-order valence-electron chi connectivity index (χ4n) is 1.34. The number of carbonyl (C=O) groups excluding carboxylic acids is 1. The quantitative estimate of drug-likeness (QED) is 0.547. The van der Waals surface area contributed by atoms with Crippen LogP contribution in [0.5, 0.6) is 0 Å². The fourth-order valence-corrected chi connectivity index (χ4v) is 1.34. The van der Waals surface area contributed by atoms with Crippen LogP contribution < -0.4 is 5.32 Å². The minimum Gasteiger partial charge on any atom is -0.337 e. The Morgan fingerprint density at radius 2 is 1.93 bits per heavy atom. The van der Waals surface area contributed by atoms with Gasteiger partial charge in [0, 0.05) is 0 Å². The Labute approximate surface area is 93.0 Å². The Hall–Kier alpha value is -0.540. The normalized spacial score (nSPS) is 11.7. The summed E-state index contributed by atoms with van der Waals surface area (Å²) >= 11 is 0. The van der Waals surface area contributed by atoms with E-state index >= 15 is 0 Å². The number of rotatable bonds is 6. The molecule has 0 aromatic heterocycles. The molecule has 0 rings (SSSR count). The zero-order valence-corrected chi connectivity index (χ0v) is 10.1. The predicted octanol–water partition coefficient (Wildman–Crippen LogP) is 1.79. The SMILES string of the molecule is C=CC(=O)NC(CC)N(CC)CC.Cl. The van der Waals surface area contributed by atoms with Crippen LogP contribution in [0.3, 0.4) is 0 Å². The van der Waals surface area contributed by atoms with Crippen molar-refractivity contribution >= 4 is 18.3 Å². The van der Waals surface area contributed by atoms with E-state index in [2.05, 4.69) is 37.6 Å². The van der Waals surface area contributed by atoms with E-state index in [1.807, 2.05) is 0 Å². The number of nitrogens with zero attached hydrogens (tertiary/aromatic N) is 1.